The van der Waals surface area contributed by atoms with Crippen LogP contribution in [0.4, 0.5) is 8.78 Å². The second-order valence-corrected chi connectivity index (χ2v) is 3.06. The highest BCUT2D eigenvalue weighted by Gasteiger charge is 2.15. The average molecular weight is 239 g/mol. The molecule has 3 N–H and O–H groups in total. The fraction of sp³-hybridized carbons (Fsp3) is 0. The third kappa shape index (κ3) is 1.97. The predicted molar refractivity (Wildman–Crippen MR) is 52.9 cm³/mol. The third-order valence-electron chi connectivity index (χ3n) is 1.99. The van der Waals surface area contributed by atoms with Crippen LogP contribution in [0.5, 0.6) is 0 Å². The van der Waals surface area contributed by atoms with Gasteiger partial charge in [0.1, 0.15) is 0 Å². The molecule has 1 heterocycles. The van der Waals surface area contributed by atoms with Crippen LogP contribution < -0.4 is 11.3 Å². The number of nitrogens with zero attached hydrogens (tertiary/aromatic N) is 3. The molecule has 8 heteroatoms. The molecule has 0 fully saturated rings. The normalized spacial score (nSPS) is 10.3. The molecule has 17 heavy (non-hydrogen) atoms. The molecule has 0 unspecified atom stereocenters. The predicted octanol–water partition coefficient (Wildman–Crippen LogP) is 0.149. The third-order valence-corrected chi connectivity index (χ3v) is 1.99. The number of carbonyl (C=O) groups excluding carboxylic acids is 1. The summed E-state index contributed by atoms with van der Waals surface area (Å²) in [5.41, 5.74) is 1.23. The summed E-state index contributed by atoms with van der Waals surface area (Å²) in [6, 6.07) is 3.33. The quantitative estimate of drug-likeness (QED) is 0.443. The van der Waals surface area contributed by atoms with Crippen molar-refractivity contribution in [3.05, 3.63) is 41.7 Å². The average Bonchev–Trinajstić information content (AvgIpc) is 2.77. The molecule has 88 valence electrons. The van der Waals surface area contributed by atoms with Gasteiger partial charge in [0.25, 0.3) is 5.91 Å². The molecular weight excluding hydrogens is 232 g/mol. The molecule has 0 aliphatic heterocycles. The van der Waals surface area contributed by atoms with Gasteiger partial charge in [-0.2, -0.15) is 5.10 Å². The van der Waals surface area contributed by atoms with Gasteiger partial charge in [0.2, 0.25) is 0 Å². The van der Waals surface area contributed by atoms with Crippen molar-refractivity contribution < 1.29 is 13.6 Å². The molecule has 0 saturated heterocycles. The van der Waals surface area contributed by atoms with E-state index in [0.29, 0.717) is 4.80 Å². The van der Waals surface area contributed by atoms with Crippen molar-refractivity contribution in [2.45, 2.75) is 0 Å². The van der Waals surface area contributed by atoms with Crippen LogP contribution in [-0.2, 0) is 0 Å². The zero-order valence-electron chi connectivity index (χ0n) is 8.39. The number of halogens is 2. The smallest absolute Gasteiger partial charge is 0.287 e. The Balaban J connectivity index is 2.47. The standard InChI is InChI=1S/C9H7F2N5O/c10-5-2-1-3-6(11)8(5)16-13-4-7(15-16)9(17)14-12/h1-4H,12H2,(H,14,17). The summed E-state index contributed by atoms with van der Waals surface area (Å²) in [7, 11) is 0. The summed E-state index contributed by atoms with van der Waals surface area (Å²) in [6.45, 7) is 0. The van der Waals surface area contributed by atoms with Gasteiger partial charge >= 0.3 is 0 Å². The molecule has 6 nitrogen and oxygen atoms in total. The Kier molecular flexibility index (Phi) is 2.79. The van der Waals surface area contributed by atoms with E-state index in [1.165, 1.54) is 6.07 Å². The topological polar surface area (TPSA) is 85.8 Å². The summed E-state index contributed by atoms with van der Waals surface area (Å²) in [5.74, 6) is 2.52. The molecule has 1 aromatic heterocycles. The maximum Gasteiger partial charge on any atom is 0.287 e. The van der Waals surface area contributed by atoms with Crippen molar-refractivity contribution in [1.29, 1.82) is 0 Å². The minimum Gasteiger partial charge on any atom is -0.289 e. The van der Waals surface area contributed by atoms with Crippen molar-refractivity contribution in [2.24, 2.45) is 5.84 Å². The first-order valence-corrected chi connectivity index (χ1v) is 4.51. The lowest BCUT2D eigenvalue weighted by atomic mass is 10.3. The molecule has 0 atom stereocenters. The Morgan fingerprint density at radius 2 is 2.00 bits per heavy atom. The fourth-order valence-corrected chi connectivity index (χ4v) is 1.23. The van der Waals surface area contributed by atoms with Gasteiger partial charge in [0, 0.05) is 0 Å². The lowest BCUT2D eigenvalue weighted by molar-refractivity contribution is 0.0948. The van der Waals surface area contributed by atoms with Crippen LogP contribution >= 0.6 is 0 Å². The molecule has 0 saturated carbocycles. The summed E-state index contributed by atoms with van der Waals surface area (Å²) in [4.78, 5) is 11.8. The van der Waals surface area contributed by atoms with Gasteiger partial charge in [-0.1, -0.05) is 6.07 Å². The highest BCUT2D eigenvalue weighted by molar-refractivity contribution is 5.91. The molecule has 0 aliphatic carbocycles. The highest BCUT2D eigenvalue weighted by Crippen LogP contribution is 2.15. The minimum atomic E-state index is -0.833. The van der Waals surface area contributed by atoms with Crippen LogP contribution in [0.2, 0.25) is 0 Å². The molecule has 0 radical (unpaired) electrons. The largest absolute Gasteiger partial charge is 0.289 e. The Labute approximate surface area is 94.0 Å². The molecule has 0 spiro atoms. The van der Waals surface area contributed by atoms with Crippen LogP contribution in [0, 0.1) is 11.6 Å². The minimum absolute atomic E-state index is 0.143. The highest BCUT2D eigenvalue weighted by atomic mass is 19.1. The molecule has 2 aromatic rings. The van der Waals surface area contributed by atoms with Gasteiger partial charge in [0.15, 0.2) is 23.0 Å². The summed E-state index contributed by atoms with van der Waals surface area (Å²) >= 11 is 0. The van der Waals surface area contributed by atoms with Crippen LogP contribution in [-0.4, -0.2) is 20.9 Å². The van der Waals surface area contributed by atoms with E-state index < -0.39 is 23.2 Å². The van der Waals surface area contributed by atoms with Crippen molar-refractivity contribution in [3.63, 3.8) is 0 Å². The van der Waals surface area contributed by atoms with Crippen LogP contribution in [0.1, 0.15) is 10.5 Å². The Morgan fingerprint density at radius 1 is 1.35 bits per heavy atom. The van der Waals surface area contributed by atoms with Gasteiger partial charge in [-0.15, -0.1) is 9.90 Å². The second kappa shape index (κ2) is 4.26. The first-order valence-electron chi connectivity index (χ1n) is 4.51. The van der Waals surface area contributed by atoms with E-state index >= 15 is 0 Å². The molecule has 1 amide bonds. The fourth-order valence-electron chi connectivity index (χ4n) is 1.23. The van der Waals surface area contributed by atoms with Gasteiger partial charge in [-0.3, -0.25) is 10.2 Å². The SMILES string of the molecule is NNC(=O)c1cnn(-c2c(F)cccc2F)n1. The van der Waals surface area contributed by atoms with E-state index in [4.69, 9.17) is 5.84 Å². The summed E-state index contributed by atoms with van der Waals surface area (Å²) in [5, 5.41) is 7.19. The molecule has 0 aliphatic rings. The van der Waals surface area contributed by atoms with E-state index in [0.717, 1.165) is 18.3 Å². The van der Waals surface area contributed by atoms with Crippen LogP contribution in [0.15, 0.2) is 24.4 Å². The van der Waals surface area contributed by atoms with Crippen molar-refractivity contribution in [1.82, 2.24) is 20.4 Å². The van der Waals surface area contributed by atoms with E-state index in [1.807, 2.05) is 5.43 Å². The first-order chi connectivity index (χ1) is 8.13. The van der Waals surface area contributed by atoms with Crippen LogP contribution in [0.3, 0.4) is 0 Å². The number of nitrogen functional groups attached to an aromatic ring is 1. The number of nitrogens with one attached hydrogen (secondary N) is 1. The van der Waals surface area contributed by atoms with Crippen molar-refractivity contribution in [2.75, 3.05) is 0 Å². The number of hydrogen-bond acceptors (Lipinski definition) is 4. The van der Waals surface area contributed by atoms with E-state index in [2.05, 4.69) is 10.2 Å². The number of hydrazine groups is 1. The number of rotatable bonds is 2. The lowest BCUT2D eigenvalue weighted by Crippen LogP contribution is -2.30. The summed E-state index contributed by atoms with van der Waals surface area (Å²) < 4.78 is 26.7. The maximum absolute atomic E-state index is 13.4. The zero-order chi connectivity index (χ0) is 12.4. The molecular formula is C9H7F2N5O. The van der Waals surface area contributed by atoms with E-state index in [9.17, 15) is 13.6 Å². The molecule has 0 bridgehead atoms. The number of amides is 1. The number of aromatic nitrogens is 3. The Morgan fingerprint density at radius 3 is 2.59 bits per heavy atom. The van der Waals surface area contributed by atoms with Crippen molar-refractivity contribution >= 4 is 5.91 Å². The van der Waals surface area contributed by atoms with Crippen molar-refractivity contribution in [3.8, 4) is 5.69 Å². The Bertz CT molecular complexity index is 548. The van der Waals surface area contributed by atoms with Gasteiger partial charge in [0.05, 0.1) is 6.20 Å². The van der Waals surface area contributed by atoms with E-state index in [-0.39, 0.29) is 5.69 Å². The number of hydrogen-bond donors (Lipinski definition) is 2. The number of para-hydroxylation sites is 1. The van der Waals surface area contributed by atoms with Gasteiger partial charge in [-0.25, -0.2) is 14.6 Å². The maximum atomic E-state index is 13.4. The Hall–Kier alpha value is -2.35. The number of nitrogens with two attached hydrogens (primary N) is 1. The molecule has 1 aromatic carbocycles. The summed E-state index contributed by atoms with van der Waals surface area (Å²) in [6.07, 6.45) is 1.05. The van der Waals surface area contributed by atoms with Gasteiger partial charge < -0.3 is 0 Å². The van der Waals surface area contributed by atoms with E-state index in [1.54, 1.807) is 0 Å². The number of benzene rings is 1. The number of carbonyl (C=O) groups is 1. The van der Waals surface area contributed by atoms with Gasteiger partial charge in [-0.05, 0) is 12.1 Å². The molecule has 2 rings (SSSR count). The second-order valence-electron chi connectivity index (χ2n) is 3.06. The zero-order valence-corrected chi connectivity index (χ0v) is 8.39. The van der Waals surface area contributed by atoms with Crippen LogP contribution in [0.25, 0.3) is 5.69 Å². The lowest BCUT2D eigenvalue weighted by Gasteiger charge is -2.02. The monoisotopic (exact) mass is 239 g/mol. The first kappa shape index (κ1) is 11.1.